The van der Waals surface area contributed by atoms with Gasteiger partial charge in [0.05, 0.1) is 11.8 Å². The van der Waals surface area contributed by atoms with E-state index in [1.54, 1.807) is 0 Å². The Kier molecular flexibility index (Phi) is 3.99. The van der Waals surface area contributed by atoms with E-state index in [1.165, 1.54) is 4.90 Å². The van der Waals surface area contributed by atoms with E-state index in [0.29, 0.717) is 13.0 Å². The predicted octanol–water partition coefficient (Wildman–Crippen LogP) is 3.69. The summed E-state index contributed by atoms with van der Waals surface area (Å²) in [4.78, 5) is 1.47. The van der Waals surface area contributed by atoms with Crippen molar-refractivity contribution in [1.29, 1.82) is 5.26 Å². The van der Waals surface area contributed by atoms with Crippen LogP contribution in [0.1, 0.15) is 20.3 Å². The Morgan fingerprint density at radius 1 is 1.38 bits per heavy atom. The minimum atomic E-state index is -3.28. The number of hydrogen-bond acceptors (Lipinski definition) is 3. The summed E-state index contributed by atoms with van der Waals surface area (Å²) in [5.41, 5.74) is -0.279. The van der Waals surface area contributed by atoms with Crippen LogP contribution in [-0.2, 0) is 0 Å². The maximum absolute atomic E-state index is 13.8. The molecule has 0 aliphatic carbocycles. The molecule has 2 rings (SSSR count). The van der Waals surface area contributed by atoms with Gasteiger partial charge in [-0.15, -0.1) is 0 Å². The van der Waals surface area contributed by atoms with Crippen molar-refractivity contribution in [3.8, 4) is 11.8 Å². The SMILES string of the molecule is CC1(C)CC(C#N)N(c2ccc(F)c(F)c2OC(F)F)C1. The molecule has 1 heterocycles. The molecule has 1 atom stereocenters. The van der Waals surface area contributed by atoms with Crippen LogP contribution in [0.25, 0.3) is 0 Å². The minimum Gasteiger partial charge on any atom is -0.429 e. The third-order valence-corrected chi connectivity index (χ3v) is 3.42. The Balaban J connectivity index is 2.48. The highest BCUT2D eigenvalue weighted by Crippen LogP contribution is 2.42. The molecule has 3 nitrogen and oxygen atoms in total. The molecule has 1 aliphatic rings. The van der Waals surface area contributed by atoms with Crippen molar-refractivity contribution < 1.29 is 22.3 Å². The minimum absolute atomic E-state index is 0.0358. The molecular weight excluding hydrogens is 288 g/mol. The maximum atomic E-state index is 13.8. The molecule has 7 heteroatoms. The second kappa shape index (κ2) is 5.43. The normalized spacial score (nSPS) is 20.7. The van der Waals surface area contributed by atoms with E-state index in [1.807, 2.05) is 19.9 Å². The van der Waals surface area contributed by atoms with Crippen molar-refractivity contribution in [2.45, 2.75) is 32.9 Å². The summed E-state index contributed by atoms with van der Waals surface area (Å²) in [7, 11) is 0. The number of rotatable bonds is 3. The molecular formula is C14H14F4N2O. The van der Waals surface area contributed by atoms with Gasteiger partial charge in [0.25, 0.3) is 0 Å². The van der Waals surface area contributed by atoms with Gasteiger partial charge in [0.15, 0.2) is 11.6 Å². The molecule has 0 N–H and O–H groups in total. The fourth-order valence-electron chi connectivity index (χ4n) is 2.59. The van der Waals surface area contributed by atoms with Gasteiger partial charge in [-0.1, -0.05) is 13.8 Å². The van der Waals surface area contributed by atoms with Crippen LogP contribution in [0.3, 0.4) is 0 Å². The highest BCUT2D eigenvalue weighted by atomic mass is 19.3. The lowest BCUT2D eigenvalue weighted by atomic mass is 9.91. The zero-order valence-electron chi connectivity index (χ0n) is 11.5. The molecule has 0 spiro atoms. The number of benzene rings is 1. The topological polar surface area (TPSA) is 36.3 Å². The molecule has 1 aliphatic heterocycles. The van der Waals surface area contributed by atoms with Gasteiger partial charge in [0.1, 0.15) is 6.04 Å². The number of nitriles is 1. The van der Waals surface area contributed by atoms with Crippen LogP contribution in [0.5, 0.6) is 5.75 Å². The number of anilines is 1. The van der Waals surface area contributed by atoms with Gasteiger partial charge in [-0.3, -0.25) is 0 Å². The van der Waals surface area contributed by atoms with Crippen LogP contribution in [-0.4, -0.2) is 19.2 Å². The Labute approximate surface area is 119 Å². The van der Waals surface area contributed by atoms with E-state index in [2.05, 4.69) is 4.74 Å². The molecule has 0 bridgehead atoms. The fourth-order valence-corrected chi connectivity index (χ4v) is 2.59. The molecule has 0 aromatic heterocycles. The summed E-state index contributed by atoms with van der Waals surface area (Å²) in [5, 5.41) is 9.18. The average molecular weight is 302 g/mol. The molecule has 114 valence electrons. The van der Waals surface area contributed by atoms with Crippen LogP contribution in [0, 0.1) is 28.4 Å². The number of hydrogen-bond donors (Lipinski definition) is 0. The van der Waals surface area contributed by atoms with Crippen molar-refractivity contribution in [2.75, 3.05) is 11.4 Å². The van der Waals surface area contributed by atoms with E-state index in [0.717, 1.165) is 12.1 Å². The highest BCUT2D eigenvalue weighted by Gasteiger charge is 2.39. The Morgan fingerprint density at radius 3 is 2.62 bits per heavy atom. The van der Waals surface area contributed by atoms with Crippen LogP contribution in [0.2, 0.25) is 0 Å². The summed E-state index contributed by atoms with van der Waals surface area (Å²) in [6, 6.07) is 3.43. The third-order valence-electron chi connectivity index (χ3n) is 3.42. The predicted molar refractivity (Wildman–Crippen MR) is 68.1 cm³/mol. The Hall–Kier alpha value is -1.97. The Morgan fingerprint density at radius 2 is 2.05 bits per heavy atom. The second-order valence-electron chi connectivity index (χ2n) is 5.73. The van der Waals surface area contributed by atoms with Crippen molar-refractivity contribution in [2.24, 2.45) is 5.41 Å². The van der Waals surface area contributed by atoms with Gasteiger partial charge in [-0.25, -0.2) is 4.39 Å². The summed E-state index contributed by atoms with van der Waals surface area (Å²) < 4.78 is 56.0. The van der Waals surface area contributed by atoms with Crippen molar-refractivity contribution in [3.63, 3.8) is 0 Å². The molecule has 1 aromatic rings. The molecule has 1 unspecified atom stereocenters. The van der Waals surface area contributed by atoms with E-state index in [4.69, 9.17) is 0 Å². The van der Waals surface area contributed by atoms with Crippen molar-refractivity contribution >= 4 is 5.69 Å². The second-order valence-corrected chi connectivity index (χ2v) is 5.73. The fraction of sp³-hybridized carbons (Fsp3) is 0.500. The summed E-state index contributed by atoms with van der Waals surface area (Å²) in [6.45, 7) is 0.891. The van der Waals surface area contributed by atoms with E-state index in [-0.39, 0.29) is 11.1 Å². The van der Waals surface area contributed by atoms with Crippen LogP contribution >= 0.6 is 0 Å². The van der Waals surface area contributed by atoms with Gasteiger partial charge >= 0.3 is 6.61 Å². The van der Waals surface area contributed by atoms with Gasteiger partial charge in [0, 0.05) is 6.54 Å². The lowest BCUT2D eigenvalue weighted by molar-refractivity contribution is -0.0521. The number of halogens is 4. The van der Waals surface area contributed by atoms with Crippen LogP contribution in [0.15, 0.2) is 12.1 Å². The van der Waals surface area contributed by atoms with E-state index < -0.39 is 30.0 Å². The van der Waals surface area contributed by atoms with Gasteiger partial charge in [-0.05, 0) is 24.0 Å². The van der Waals surface area contributed by atoms with E-state index in [9.17, 15) is 22.8 Å². The van der Waals surface area contributed by atoms with Crippen molar-refractivity contribution in [1.82, 2.24) is 0 Å². The largest absolute Gasteiger partial charge is 0.429 e. The summed E-state index contributed by atoms with van der Waals surface area (Å²) >= 11 is 0. The molecule has 1 saturated heterocycles. The number of ether oxygens (including phenoxy) is 1. The summed E-state index contributed by atoms with van der Waals surface area (Å²) in [6.07, 6.45) is 0.497. The lowest BCUT2D eigenvalue weighted by Gasteiger charge is -2.25. The monoisotopic (exact) mass is 302 g/mol. The third kappa shape index (κ3) is 3.04. The van der Waals surface area contributed by atoms with Crippen molar-refractivity contribution in [3.05, 3.63) is 23.8 Å². The first-order chi connectivity index (χ1) is 9.75. The molecule has 1 aromatic carbocycles. The van der Waals surface area contributed by atoms with Crippen LogP contribution in [0.4, 0.5) is 23.2 Å². The van der Waals surface area contributed by atoms with Crippen LogP contribution < -0.4 is 9.64 Å². The first-order valence-corrected chi connectivity index (χ1v) is 6.34. The number of alkyl halides is 2. The zero-order chi connectivity index (χ0) is 15.8. The lowest BCUT2D eigenvalue weighted by Crippen LogP contribution is -2.29. The smallest absolute Gasteiger partial charge is 0.387 e. The van der Waals surface area contributed by atoms with Gasteiger partial charge in [0.2, 0.25) is 5.82 Å². The first-order valence-electron chi connectivity index (χ1n) is 6.34. The number of nitrogens with zero attached hydrogens (tertiary/aromatic N) is 2. The first kappa shape index (κ1) is 15.4. The zero-order valence-corrected chi connectivity index (χ0v) is 11.5. The molecule has 21 heavy (non-hydrogen) atoms. The summed E-state index contributed by atoms with van der Waals surface area (Å²) in [5.74, 6) is -3.61. The standard InChI is InChI=1S/C14H14F4N2O/c1-14(2)5-8(6-19)20(7-14)10-4-3-9(15)11(16)12(10)21-13(17)18/h3-4,8,13H,5,7H2,1-2H3. The van der Waals surface area contributed by atoms with Gasteiger partial charge in [-0.2, -0.15) is 18.4 Å². The van der Waals surface area contributed by atoms with E-state index >= 15 is 0 Å². The average Bonchev–Trinajstić information content (AvgIpc) is 2.70. The highest BCUT2D eigenvalue weighted by molar-refractivity contribution is 5.62. The van der Waals surface area contributed by atoms with Gasteiger partial charge < -0.3 is 9.64 Å². The quantitative estimate of drug-likeness (QED) is 0.799. The maximum Gasteiger partial charge on any atom is 0.387 e. The molecule has 0 radical (unpaired) electrons. The molecule has 0 amide bonds. The molecule has 0 saturated carbocycles. The Bertz CT molecular complexity index is 583. The molecule has 1 fully saturated rings.